The molecule has 0 saturated carbocycles. The second-order valence-electron chi connectivity index (χ2n) is 4.90. The number of benzene rings is 1. The quantitative estimate of drug-likeness (QED) is 0.860. The lowest BCUT2D eigenvalue weighted by Gasteiger charge is -2.07. The fourth-order valence-corrected chi connectivity index (χ4v) is 4.29. The van der Waals surface area contributed by atoms with Gasteiger partial charge in [-0.25, -0.2) is 13.4 Å². The smallest absolute Gasteiger partial charge is 0.261 e. The number of hydrogen-bond donors (Lipinski definition) is 2. The first-order valence-corrected chi connectivity index (χ1v) is 9.59. The van der Waals surface area contributed by atoms with Gasteiger partial charge in [0, 0.05) is 4.88 Å². The van der Waals surface area contributed by atoms with Crippen LogP contribution in [0, 0.1) is 6.92 Å². The van der Waals surface area contributed by atoms with E-state index >= 15 is 0 Å². The molecular weight excluding hydrogens is 336 g/mol. The number of amides is 1. The summed E-state index contributed by atoms with van der Waals surface area (Å²) < 4.78 is 23.8. The van der Waals surface area contributed by atoms with Gasteiger partial charge in [-0.1, -0.05) is 26.0 Å². The zero-order valence-electron chi connectivity index (χ0n) is 13.1. The second-order valence-corrected chi connectivity index (χ2v) is 8.30. The maximum Gasteiger partial charge on any atom is 0.261 e. The molecule has 1 amide bonds. The molecule has 0 atom stereocenters. The summed E-state index contributed by atoms with van der Waals surface area (Å²) in [4.78, 5) is 16.8. The molecule has 0 aliphatic carbocycles. The molecule has 0 saturated heterocycles. The number of para-hydroxylation sites is 1. The van der Waals surface area contributed by atoms with Crippen LogP contribution in [-0.4, -0.2) is 30.2 Å². The highest BCUT2D eigenvalue weighted by atomic mass is 32.2. The molecule has 2 aromatic rings. The zero-order valence-corrected chi connectivity index (χ0v) is 14.7. The number of nitrogens with zero attached hydrogens (tertiary/aromatic N) is 1. The molecule has 8 heteroatoms. The van der Waals surface area contributed by atoms with E-state index in [0.29, 0.717) is 16.9 Å². The molecule has 2 N–H and O–H groups in total. The van der Waals surface area contributed by atoms with Crippen molar-refractivity contribution in [1.82, 2.24) is 4.98 Å². The molecule has 23 heavy (non-hydrogen) atoms. The van der Waals surface area contributed by atoms with Crippen molar-refractivity contribution in [3.05, 3.63) is 34.2 Å². The predicted molar refractivity (Wildman–Crippen MR) is 90.0 cm³/mol. The van der Waals surface area contributed by atoms with Crippen LogP contribution in [0.15, 0.2) is 23.2 Å². The zero-order chi connectivity index (χ0) is 17.2. The first-order valence-electron chi connectivity index (χ1n) is 7.12. The fourth-order valence-electron chi connectivity index (χ4n) is 2.09. The average Bonchev–Trinajstić information content (AvgIpc) is 2.88. The number of aryl methyl sites for hydroxylation is 2. The third kappa shape index (κ3) is 3.53. The Kier molecular flexibility index (Phi) is 5.06. The molecule has 1 heterocycles. The lowest BCUT2D eigenvalue weighted by atomic mass is 10.1. The van der Waals surface area contributed by atoms with E-state index in [1.54, 1.807) is 26.0 Å². The number of rotatable bonds is 5. The molecule has 0 aliphatic rings. The van der Waals surface area contributed by atoms with Crippen LogP contribution in [0.2, 0.25) is 0 Å². The summed E-state index contributed by atoms with van der Waals surface area (Å²) in [6.07, 6.45) is 0.599. The van der Waals surface area contributed by atoms with Crippen molar-refractivity contribution in [1.29, 1.82) is 0 Å². The number of carbonyl (C=O) groups excluding carboxylic acids is 1. The van der Waals surface area contributed by atoms with Crippen molar-refractivity contribution >= 4 is 32.2 Å². The number of aromatic hydroxyl groups is 1. The van der Waals surface area contributed by atoms with E-state index in [-0.39, 0.29) is 27.2 Å². The van der Waals surface area contributed by atoms with Gasteiger partial charge in [-0.3, -0.25) is 10.1 Å². The molecule has 0 spiro atoms. The maximum atomic E-state index is 12.3. The van der Waals surface area contributed by atoms with E-state index in [1.165, 1.54) is 6.07 Å². The Morgan fingerprint density at radius 2 is 2.04 bits per heavy atom. The average molecular weight is 354 g/mol. The normalized spacial score (nSPS) is 11.4. The molecule has 2 rings (SSSR count). The summed E-state index contributed by atoms with van der Waals surface area (Å²) >= 11 is 1.09. The molecule has 1 aromatic carbocycles. The van der Waals surface area contributed by atoms with E-state index in [0.717, 1.165) is 11.3 Å². The Balaban J connectivity index is 2.30. The Bertz CT molecular complexity index is 841. The molecule has 0 bridgehead atoms. The number of carbonyl (C=O) groups is 1. The highest BCUT2D eigenvalue weighted by molar-refractivity contribution is 7.91. The van der Waals surface area contributed by atoms with Crippen molar-refractivity contribution < 1.29 is 18.3 Å². The molecule has 6 nitrogen and oxygen atoms in total. The van der Waals surface area contributed by atoms with E-state index < -0.39 is 15.7 Å². The number of aromatic nitrogens is 1. The summed E-state index contributed by atoms with van der Waals surface area (Å²) in [5, 5.41) is 12.8. The van der Waals surface area contributed by atoms with Crippen molar-refractivity contribution in [3.8, 4) is 5.75 Å². The minimum absolute atomic E-state index is 0.00756. The topological polar surface area (TPSA) is 96.4 Å². The second kappa shape index (κ2) is 6.67. The molecule has 0 unspecified atom stereocenters. The van der Waals surface area contributed by atoms with Crippen LogP contribution in [0.25, 0.3) is 0 Å². The Labute approximate surface area is 139 Å². The van der Waals surface area contributed by atoms with E-state index in [4.69, 9.17) is 0 Å². The van der Waals surface area contributed by atoms with Gasteiger partial charge in [-0.05, 0) is 25.0 Å². The molecule has 0 radical (unpaired) electrons. The number of sulfone groups is 1. The van der Waals surface area contributed by atoms with Crippen LogP contribution in [0.5, 0.6) is 5.75 Å². The summed E-state index contributed by atoms with van der Waals surface area (Å²) in [6, 6.07) is 4.94. The number of nitrogens with one attached hydrogen (secondary N) is 1. The lowest BCUT2D eigenvalue weighted by Crippen LogP contribution is -2.13. The largest absolute Gasteiger partial charge is 0.507 e. The van der Waals surface area contributed by atoms with Crippen LogP contribution < -0.4 is 5.32 Å². The van der Waals surface area contributed by atoms with E-state index in [9.17, 15) is 18.3 Å². The lowest BCUT2D eigenvalue weighted by molar-refractivity contribution is 0.102. The van der Waals surface area contributed by atoms with Gasteiger partial charge < -0.3 is 5.11 Å². The summed E-state index contributed by atoms with van der Waals surface area (Å²) in [7, 11) is -3.43. The third-order valence-corrected chi connectivity index (χ3v) is 6.16. The van der Waals surface area contributed by atoms with Gasteiger partial charge in [0.25, 0.3) is 5.91 Å². The monoisotopic (exact) mass is 354 g/mol. The van der Waals surface area contributed by atoms with Crippen LogP contribution in [0.4, 0.5) is 5.13 Å². The first-order chi connectivity index (χ1) is 10.8. The Morgan fingerprint density at radius 3 is 2.65 bits per heavy atom. The maximum absolute atomic E-state index is 12.3. The number of phenolic OH excluding ortho intramolecular Hbond substituents is 1. The summed E-state index contributed by atoms with van der Waals surface area (Å²) in [5.74, 6) is -0.640. The van der Waals surface area contributed by atoms with Gasteiger partial charge in [0.15, 0.2) is 20.0 Å². The molecule has 0 fully saturated rings. The SMILES string of the molecule is CCc1cccc(C(=O)Nc2nc(S(=O)(=O)CC)c(C)s2)c1O. The van der Waals surface area contributed by atoms with Crippen LogP contribution in [-0.2, 0) is 16.3 Å². The first kappa shape index (κ1) is 17.4. The van der Waals surface area contributed by atoms with Gasteiger partial charge in [-0.15, -0.1) is 11.3 Å². The molecular formula is C15H18N2O4S2. The molecule has 124 valence electrons. The van der Waals surface area contributed by atoms with Crippen molar-refractivity contribution in [2.24, 2.45) is 0 Å². The molecule has 1 aromatic heterocycles. The van der Waals surface area contributed by atoms with Gasteiger partial charge in [0.2, 0.25) is 0 Å². The predicted octanol–water partition coefficient (Wildman–Crippen LogP) is 2.77. The van der Waals surface area contributed by atoms with Crippen LogP contribution in [0.1, 0.15) is 34.6 Å². The van der Waals surface area contributed by atoms with Crippen molar-refractivity contribution in [2.75, 3.05) is 11.1 Å². The van der Waals surface area contributed by atoms with Crippen LogP contribution >= 0.6 is 11.3 Å². The summed E-state index contributed by atoms with van der Waals surface area (Å²) in [6.45, 7) is 5.06. The minimum atomic E-state index is -3.43. The molecule has 0 aliphatic heterocycles. The number of anilines is 1. The summed E-state index contributed by atoms with van der Waals surface area (Å²) in [5.41, 5.74) is 0.805. The van der Waals surface area contributed by atoms with Gasteiger partial charge in [0.05, 0.1) is 11.3 Å². The highest BCUT2D eigenvalue weighted by Gasteiger charge is 2.22. The third-order valence-electron chi connectivity index (χ3n) is 3.39. The van der Waals surface area contributed by atoms with Crippen LogP contribution in [0.3, 0.4) is 0 Å². The van der Waals surface area contributed by atoms with Gasteiger partial charge >= 0.3 is 0 Å². The van der Waals surface area contributed by atoms with Crippen molar-refractivity contribution in [2.45, 2.75) is 32.2 Å². The Hall–Kier alpha value is -1.93. The standard InChI is InChI=1S/C15H18N2O4S2/c1-4-10-7-6-8-11(12(10)18)13(19)16-15-17-14(9(3)22-15)23(20,21)5-2/h6-8,18H,4-5H2,1-3H3,(H,16,17,19). The van der Waals surface area contributed by atoms with Crippen molar-refractivity contribution in [3.63, 3.8) is 0 Å². The minimum Gasteiger partial charge on any atom is -0.507 e. The fraction of sp³-hybridized carbons (Fsp3) is 0.333. The van der Waals surface area contributed by atoms with E-state index in [2.05, 4.69) is 10.3 Å². The highest BCUT2D eigenvalue weighted by Crippen LogP contribution is 2.28. The number of phenols is 1. The number of thiazole rings is 1. The van der Waals surface area contributed by atoms with Gasteiger partial charge in [-0.2, -0.15) is 0 Å². The number of hydrogen-bond acceptors (Lipinski definition) is 6. The van der Waals surface area contributed by atoms with Gasteiger partial charge in [0.1, 0.15) is 5.75 Å². The van der Waals surface area contributed by atoms with E-state index in [1.807, 2.05) is 6.92 Å². The Morgan fingerprint density at radius 1 is 1.35 bits per heavy atom.